The molecule has 0 fully saturated rings. The fourth-order valence-corrected chi connectivity index (χ4v) is 2.20. The van der Waals surface area contributed by atoms with E-state index in [0.29, 0.717) is 13.2 Å². The van der Waals surface area contributed by atoms with Gasteiger partial charge in [-0.2, -0.15) is 0 Å². The summed E-state index contributed by atoms with van der Waals surface area (Å²) in [5.41, 5.74) is 9.41. The molecule has 21 heavy (non-hydrogen) atoms. The Morgan fingerprint density at radius 3 is 2.43 bits per heavy atom. The highest BCUT2D eigenvalue weighted by molar-refractivity contribution is 5.27. The van der Waals surface area contributed by atoms with Crippen LogP contribution in [-0.2, 0) is 13.1 Å². The normalized spacial score (nSPS) is 10.9. The topological polar surface area (TPSA) is 38.5 Å². The molecule has 0 heterocycles. The molecule has 0 bridgehead atoms. The summed E-state index contributed by atoms with van der Waals surface area (Å²) in [5.74, 6) is 0.900. The van der Waals surface area contributed by atoms with E-state index in [2.05, 4.69) is 43.1 Å². The molecule has 0 unspecified atom stereocenters. The van der Waals surface area contributed by atoms with Crippen molar-refractivity contribution in [3.05, 3.63) is 65.2 Å². The monoisotopic (exact) mass is 284 g/mol. The Kier molecular flexibility index (Phi) is 5.78. The zero-order chi connectivity index (χ0) is 15.1. The summed E-state index contributed by atoms with van der Waals surface area (Å²) >= 11 is 0. The summed E-state index contributed by atoms with van der Waals surface area (Å²) < 4.78 is 5.76. The zero-order valence-electron chi connectivity index (χ0n) is 12.9. The van der Waals surface area contributed by atoms with Gasteiger partial charge in [-0.15, -0.1) is 0 Å². The first-order valence-electron chi connectivity index (χ1n) is 7.34. The van der Waals surface area contributed by atoms with E-state index in [9.17, 15) is 0 Å². The Morgan fingerprint density at radius 2 is 1.76 bits per heavy atom. The van der Waals surface area contributed by atoms with Crippen molar-refractivity contribution in [1.29, 1.82) is 0 Å². The van der Waals surface area contributed by atoms with E-state index in [1.54, 1.807) is 0 Å². The van der Waals surface area contributed by atoms with Gasteiger partial charge in [-0.05, 0) is 42.8 Å². The second kappa shape index (κ2) is 7.81. The second-order valence-corrected chi connectivity index (χ2v) is 5.36. The largest absolute Gasteiger partial charge is 0.492 e. The van der Waals surface area contributed by atoms with Crippen LogP contribution in [0.4, 0.5) is 0 Å². The van der Waals surface area contributed by atoms with Gasteiger partial charge in [-0.3, -0.25) is 4.90 Å². The van der Waals surface area contributed by atoms with Crippen LogP contribution in [0.15, 0.2) is 48.5 Å². The molecule has 2 rings (SSSR count). The molecule has 2 aromatic rings. The molecule has 112 valence electrons. The number of hydrogen-bond donors (Lipinski definition) is 1. The fraction of sp³-hybridized carbons (Fsp3) is 0.333. The van der Waals surface area contributed by atoms with E-state index < -0.39 is 0 Å². The van der Waals surface area contributed by atoms with Crippen molar-refractivity contribution in [2.45, 2.75) is 20.0 Å². The third-order valence-electron chi connectivity index (χ3n) is 3.60. The Balaban J connectivity index is 1.76. The number of ether oxygens (including phenoxy) is 1. The van der Waals surface area contributed by atoms with Gasteiger partial charge in [0.05, 0.1) is 0 Å². The summed E-state index contributed by atoms with van der Waals surface area (Å²) in [4.78, 5) is 2.27. The van der Waals surface area contributed by atoms with Crippen LogP contribution in [0.2, 0.25) is 0 Å². The van der Waals surface area contributed by atoms with Crippen LogP contribution >= 0.6 is 0 Å². The fourth-order valence-electron chi connectivity index (χ4n) is 2.20. The lowest BCUT2D eigenvalue weighted by atomic mass is 10.1. The van der Waals surface area contributed by atoms with Crippen molar-refractivity contribution in [3.8, 4) is 5.75 Å². The molecular weight excluding hydrogens is 260 g/mol. The molecule has 2 aromatic carbocycles. The number of benzene rings is 2. The van der Waals surface area contributed by atoms with Gasteiger partial charge < -0.3 is 10.5 Å². The van der Waals surface area contributed by atoms with Gasteiger partial charge in [0.2, 0.25) is 0 Å². The number of nitrogens with zero attached hydrogens (tertiary/aromatic N) is 1. The van der Waals surface area contributed by atoms with E-state index in [0.717, 1.165) is 24.4 Å². The molecule has 2 N–H and O–H groups in total. The maximum atomic E-state index is 5.76. The highest BCUT2D eigenvalue weighted by Crippen LogP contribution is 2.12. The van der Waals surface area contributed by atoms with Gasteiger partial charge in [0.1, 0.15) is 12.4 Å². The average molecular weight is 284 g/mol. The molecule has 0 saturated carbocycles. The summed E-state index contributed by atoms with van der Waals surface area (Å²) in [7, 11) is 2.12. The van der Waals surface area contributed by atoms with Crippen molar-refractivity contribution in [2.75, 3.05) is 20.2 Å². The lowest BCUT2D eigenvalue weighted by Crippen LogP contribution is -2.24. The summed E-state index contributed by atoms with van der Waals surface area (Å²) in [6, 6.07) is 16.5. The van der Waals surface area contributed by atoms with Crippen molar-refractivity contribution in [2.24, 2.45) is 5.73 Å². The van der Waals surface area contributed by atoms with Crippen LogP contribution in [0.25, 0.3) is 0 Å². The standard InChI is InChI=1S/C18H24N2O/c1-15-5-3-4-6-17(15)14-20(2)11-12-21-18-9-7-16(13-19)8-10-18/h3-10H,11-14,19H2,1-2H3. The second-order valence-electron chi connectivity index (χ2n) is 5.36. The molecule has 0 aromatic heterocycles. The van der Waals surface area contributed by atoms with Crippen molar-refractivity contribution in [1.82, 2.24) is 4.90 Å². The highest BCUT2D eigenvalue weighted by Gasteiger charge is 2.03. The molecule has 0 aliphatic carbocycles. The minimum Gasteiger partial charge on any atom is -0.492 e. The Hall–Kier alpha value is -1.84. The SMILES string of the molecule is Cc1ccccc1CN(C)CCOc1ccc(CN)cc1. The lowest BCUT2D eigenvalue weighted by Gasteiger charge is -2.18. The van der Waals surface area contributed by atoms with Gasteiger partial charge in [-0.25, -0.2) is 0 Å². The molecule has 3 heteroatoms. The number of likely N-dealkylation sites (N-methyl/N-ethyl adjacent to an activating group) is 1. The van der Waals surface area contributed by atoms with Crippen LogP contribution in [0.3, 0.4) is 0 Å². The van der Waals surface area contributed by atoms with Gasteiger partial charge in [-0.1, -0.05) is 36.4 Å². The maximum Gasteiger partial charge on any atom is 0.119 e. The summed E-state index contributed by atoms with van der Waals surface area (Å²) in [5, 5.41) is 0. The number of nitrogens with two attached hydrogens (primary N) is 1. The van der Waals surface area contributed by atoms with Crippen LogP contribution in [0.1, 0.15) is 16.7 Å². The maximum absolute atomic E-state index is 5.76. The van der Waals surface area contributed by atoms with E-state index in [1.807, 2.05) is 24.3 Å². The van der Waals surface area contributed by atoms with Crippen molar-refractivity contribution >= 4 is 0 Å². The van der Waals surface area contributed by atoms with Crippen LogP contribution < -0.4 is 10.5 Å². The molecule has 0 atom stereocenters. The summed E-state index contributed by atoms with van der Waals surface area (Å²) in [6.45, 7) is 5.25. The highest BCUT2D eigenvalue weighted by atomic mass is 16.5. The molecule has 0 spiro atoms. The Morgan fingerprint density at radius 1 is 1.05 bits per heavy atom. The quantitative estimate of drug-likeness (QED) is 0.849. The third kappa shape index (κ3) is 4.88. The zero-order valence-corrected chi connectivity index (χ0v) is 12.9. The van der Waals surface area contributed by atoms with Crippen LogP contribution in [0, 0.1) is 6.92 Å². The smallest absolute Gasteiger partial charge is 0.119 e. The van der Waals surface area contributed by atoms with Gasteiger partial charge in [0, 0.05) is 19.6 Å². The third-order valence-corrected chi connectivity index (χ3v) is 3.60. The van der Waals surface area contributed by atoms with E-state index in [1.165, 1.54) is 11.1 Å². The first-order valence-corrected chi connectivity index (χ1v) is 7.34. The minimum absolute atomic E-state index is 0.569. The van der Waals surface area contributed by atoms with Crippen LogP contribution in [-0.4, -0.2) is 25.1 Å². The van der Waals surface area contributed by atoms with Gasteiger partial charge in [0.15, 0.2) is 0 Å². The predicted molar refractivity (Wildman–Crippen MR) is 87.3 cm³/mol. The molecule has 3 nitrogen and oxygen atoms in total. The first-order chi connectivity index (χ1) is 10.2. The van der Waals surface area contributed by atoms with Gasteiger partial charge >= 0.3 is 0 Å². The van der Waals surface area contributed by atoms with E-state index in [-0.39, 0.29) is 0 Å². The first kappa shape index (κ1) is 15.5. The Labute approximate surface area is 127 Å². The molecule has 0 radical (unpaired) electrons. The molecule has 0 saturated heterocycles. The lowest BCUT2D eigenvalue weighted by molar-refractivity contribution is 0.232. The number of rotatable bonds is 7. The van der Waals surface area contributed by atoms with Crippen molar-refractivity contribution in [3.63, 3.8) is 0 Å². The Bertz CT molecular complexity index is 551. The predicted octanol–water partition coefficient (Wildman–Crippen LogP) is 2.96. The molecule has 0 aliphatic heterocycles. The number of aryl methyl sites for hydroxylation is 1. The molecular formula is C18H24N2O. The average Bonchev–Trinajstić information content (AvgIpc) is 2.50. The van der Waals surface area contributed by atoms with E-state index in [4.69, 9.17) is 10.5 Å². The van der Waals surface area contributed by atoms with Crippen molar-refractivity contribution < 1.29 is 4.74 Å². The molecule has 0 aliphatic rings. The number of hydrogen-bond acceptors (Lipinski definition) is 3. The summed E-state index contributed by atoms with van der Waals surface area (Å²) in [6.07, 6.45) is 0. The van der Waals surface area contributed by atoms with Crippen LogP contribution in [0.5, 0.6) is 5.75 Å². The molecule has 0 amide bonds. The van der Waals surface area contributed by atoms with Gasteiger partial charge in [0.25, 0.3) is 0 Å². The van der Waals surface area contributed by atoms with E-state index >= 15 is 0 Å². The minimum atomic E-state index is 0.569.